The summed E-state index contributed by atoms with van der Waals surface area (Å²) in [5.74, 6) is 0.424. The first-order valence-corrected chi connectivity index (χ1v) is 10.1. The molecule has 0 bridgehead atoms. The van der Waals surface area contributed by atoms with Crippen LogP contribution in [0.1, 0.15) is 44.3 Å². The Balaban J connectivity index is 1.62. The molecule has 1 aromatic heterocycles. The Kier molecular flexibility index (Phi) is 6.01. The van der Waals surface area contributed by atoms with Crippen LogP contribution in [0, 0.1) is 5.92 Å². The van der Waals surface area contributed by atoms with Gasteiger partial charge in [0, 0.05) is 37.0 Å². The molecule has 0 saturated carbocycles. The van der Waals surface area contributed by atoms with E-state index in [-0.39, 0.29) is 29.4 Å². The second-order valence-electron chi connectivity index (χ2n) is 6.84. The number of rotatable bonds is 5. The highest BCUT2D eigenvalue weighted by molar-refractivity contribution is 7.99. The van der Waals surface area contributed by atoms with E-state index in [1.807, 2.05) is 0 Å². The minimum atomic E-state index is -0.196. The minimum Gasteiger partial charge on any atom is -0.469 e. The minimum absolute atomic E-state index is 0.0382. The van der Waals surface area contributed by atoms with Crippen LogP contribution in [0.5, 0.6) is 0 Å². The van der Waals surface area contributed by atoms with Crippen LogP contribution in [-0.2, 0) is 20.7 Å². The first-order valence-electron chi connectivity index (χ1n) is 9.14. The summed E-state index contributed by atoms with van der Waals surface area (Å²) in [6, 6.07) is 1.45. The van der Waals surface area contributed by atoms with E-state index in [0.717, 1.165) is 23.7 Å². The van der Waals surface area contributed by atoms with E-state index in [4.69, 9.17) is 4.74 Å². The quantitative estimate of drug-likeness (QED) is 0.571. The summed E-state index contributed by atoms with van der Waals surface area (Å²) in [6.07, 6.45) is 3.32. The molecule has 26 heavy (non-hydrogen) atoms. The van der Waals surface area contributed by atoms with Gasteiger partial charge < -0.3 is 9.64 Å². The summed E-state index contributed by atoms with van der Waals surface area (Å²) >= 11 is 1.55. The van der Waals surface area contributed by atoms with Crippen molar-refractivity contribution < 1.29 is 14.3 Å². The second-order valence-corrected chi connectivity index (χ2v) is 7.82. The first kappa shape index (κ1) is 18.9. The normalized spacial score (nSPS) is 20.1. The molecule has 0 spiro atoms. The van der Waals surface area contributed by atoms with Gasteiger partial charge in [0.2, 0.25) is 5.91 Å². The highest BCUT2D eigenvalue weighted by atomic mass is 32.2. The molecule has 1 saturated heterocycles. The molecule has 1 atom stereocenters. The molecule has 0 aliphatic carbocycles. The van der Waals surface area contributed by atoms with E-state index in [1.165, 1.54) is 7.11 Å². The first-order chi connectivity index (χ1) is 12.5. The summed E-state index contributed by atoms with van der Waals surface area (Å²) in [7, 11) is 1.40. The third-order valence-electron chi connectivity index (χ3n) is 5.04. The van der Waals surface area contributed by atoms with Crippen LogP contribution >= 0.6 is 11.8 Å². The number of nitrogens with zero attached hydrogens (tertiary/aromatic N) is 3. The van der Waals surface area contributed by atoms with E-state index >= 15 is 0 Å². The van der Waals surface area contributed by atoms with Gasteiger partial charge in [-0.1, -0.05) is 25.1 Å². The Bertz CT molecular complexity index is 740. The number of hydrogen-bond acceptors (Lipinski definition) is 6. The lowest BCUT2D eigenvalue weighted by Gasteiger charge is -2.31. The number of aromatic nitrogens is 2. The van der Waals surface area contributed by atoms with Crippen LogP contribution in [-0.4, -0.2) is 52.3 Å². The molecule has 8 heteroatoms. The zero-order valence-electron chi connectivity index (χ0n) is 15.3. The molecule has 3 heterocycles. The number of hydrogen-bond donors (Lipinski definition) is 0. The molecule has 0 N–H and O–H groups in total. The Morgan fingerprint density at radius 1 is 1.35 bits per heavy atom. The Labute approximate surface area is 157 Å². The Hall–Kier alpha value is -1.83. The van der Waals surface area contributed by atoms with Crippen molar-refractivity contribution in [2.45, 2.75) is 50.2 Å². The fourth-order valence-corrected chi connectivity index (χ4v) is 4.76. The summed E-state index contributed by atoms with van der Waals surface area (Å²) < 4.78 is 6.45. The van der Waals surface area contributed by atoms with Crippen molar-refractivity contribution in [3.8, 4) is 0 Å². The lowest BCUT2D eigenvalue weighted by Crippen LogP contribution is -2.41. The molecule has 0 aromatic carbocycles. The zero-order chi connectivity index (χ0) is 18.7. The topological polar surface area (TPSA) is 81.5 Å². The smallest absolute Gasteiger partial charge is 0.308 e. The molecule has 7 nitrogen and oxygen atoms in total. The number of aryl methyl sites for hydroxylation is 1. The SMILES string of the molecule is CCCc1cc(=O)n2c(n1)SCC2CC(=O)N1CCC(C(=O)OC)CC1. The van der Waals surface area contributed by atoms with Crippen molar-refractivity contribution >= 4 is 23.6 Å². The van der Waals surface area contributed by atoms with E-state index in [2.05, 4.69) is 11.9 Å². The van der Waals surface area contributed by atoms with Gasteiger partial charge in [0.05, 0.1) is 19.1 Å². The van der Waals surface area contributed by atoms with Crippen LogP contribution in [0.15, 0.2) is 16.0 Å². The van der Waals surface area contributed by atoms with Crippen molar-refractivity contribution in [2.75, 3.05) is 26.0 Å². The van der Waals surface area contributed by atoms with Crippen molar-refractivity contribution in [1.29, 1.82) is 0 Å². The third-order valence-corrected chi connectivity index (χ3v) is 6.14. The van der Waals surface area contributed by atoms with Crippen LogP contribution in [0.4, 0.5) is 0 Å². The lowest BCUT2D eigenvalue weighted by molar-refractivity contribution is -0.149. The molecular weight excluding hydrogens is 354 g/mol. The molecule has 2 aliphatic rings. The van der Waals surface area contributed by atoms with Crippen LogP contribution in [0.3, 0.4) is 0 Å². The number of piperidine rings is 1. The maximum atomic E-state index is 12.7. The van der Waals surface area contributed by atoms with Crippen LogP contribution in [0.2, 0.25) is 0 Å². The molecule has 1 aromatic rings. The molecular formula is C18H25N3O4S. The largest absolute Gasteiger partial charge is 0.469 e. The van der Waals surface area contributed by atoms with E-state index in [0.29, 0.717) is 38.1 Å². The number of fused-ring (bicyclic) bond motifs is 1. The summed E-state index contributed by atoms with van der Waals surface area (Å²) in [6.45, 7) is 3.19. The number of thioether (sulfide) groups is 1. The molecule has 1 fully saturated rings. The molecule has 1 amide bonds. The number of likely N-dealkylation sites (tertiary alicyclic amines) is 1. The van der Waals surface area contributed by atoms with Gasteiger partial charge in [0.25, 0.3) is 5.56 Å². The van der Waals surface area contributed by atoms with E-state index in [1.54, 1.807) is 27.3 Å². The summed E-state index contributed by atoms with van der Waals surface area (Å²) in [4.78, 5) is 43.1. The molecule has 0 radical (unpaired) electrons. The van der Waals surface area contributed by atoms with E-state index < -0.39 is 0 Å². The number of esters is 1. The Morgan fingerprint density at radius 3 is 2.73 bits per heavy atom. The maximum absolute atomic E-state index is 12.7. The van der Waals surface area contributed by atoms with Gasteiger partial charge in [-0.3, -0.25) is 19.0 Å². The standard InChI is InChI=1S/C18H25N3O4S/c1-3-4-13-9-16(23)21-14(11-26-18(21)19-13)10-15(22)20-7-5-12(6-8-20)17(24)25-2/h9,12,14H,3-8,10-11H2,1-2H3. The van der Waals surface area contributed by atoms with Crippen LogP contribution < -0.4 is 5.56 Å². The fraction of sp³-hybridized carbons (Fsp3) is 0.667. The number of carbonyl (C=O) groups excluding carboxylic acids is 2. The summed E-state index contributed by atoms with van der Waals surface area (Å²) in [5.41, 5.74) is 0.763. The lowest BCUT2D eigenvalue weighted by atomic mass is 9.96. The summed E-state index contributed by atoms with van der Waals surface area (Å²) in [5, 5.41) is 0.725. The molecule has 3 rings (SSSR count). The molecule has 1 unspecified atom stereocenters. The van der Waals surface area contributed by atoms with Gasteiger partial charge in [-0.25, -0.2) is 4.98 Å². The average Bonchev–Trinajstić information content (AvgIpc) is 3.04. The number of carbonyl (C=O) groups is 2. The molecule has 142 valence electrons. The van der Waals surface area contributed by atoms with Gasteiger partial charge in [-0.15, -0.1) is 0 Å². The van der Waals surface area contributed by atoms with Gasteiger partial charge in [-0.05, 0) is 19.3 Å². The second kappa shape index (κ2) is 8.24. The van der Waals surface area contributed by atoms with Gasteiger partial charge >= 0.3 is 5.97 Å². The monoisotopic (exact) mass is 379 g/mol. The average molecular weight is 379 g/mol. The highest BCUT2D eigenvalue weighted by Crippen LogP contribution is 2.33. The van der Waals surface area contributed by atoms with Gasteiger partial charge in [0.1, 0.15) is 0 Å². The van der Waals surface area contributed by atoms with Gasteiger partial charge in [0.15, 0.2) is 5.16 Å². The van der Waals surface area contributed by atoms with E-state index in [9.17, 15) is 14.4 Å². The highest BCUT2D eigenvalue weighted by Gasteiger charge is 2.32. The third kappa shape index (κ3) is 3.95. The van der Waals surface area contributed by atoms with Crippen molar-refractivity contribution in [1.82, 2.24) is 14.5 Å². The maximum Gasteiger partial charge on any atom is 0.308 e. The zero-order valence-corrected chi connectivity index (χ0v) is 16.1. The van der Waals surface area contributed by atoms with Gasteiger partial charge in [-0.2, -0.15) is 0 Å². The van der Waals surface area contributed by atoms with Crippen LogP contribution in [0.25, 0.3) is 0 Å². The predicted molar refractivity (Wildman–Crippen MR) is 98.2 cm³/mol. The Morgan fingerprint density at radius 2 is 2.08 bits per heavy atom. The number of ether oxygens (including phenoxy) is 1. The van der Waals surface area contributed by atoms with Crippen molar-refractivity contribution in [2.24, 2.45) is 5.92 Å². The fourth-order valence-electron chi connectivity index (χ4n) is 3.59. The predicted octanol–water partition coefficient (Wildman–Crippen LogP) is 1.64. The number of amides is 1. The van der Waals surface area contributed by atoms with Crippen molar-refractivity contribution in [3.05, 3.63) is 22.1 Å². The molecule has 2 aliphatic heterocycles. The van der Waals surface area contributed by atoms with Crippen molar-refractivity contribution in [3.63, 3.8) is 0 Å². The number of methoxy groups -OCH3 is 1.